The molecule has 6 nitrogen and oxygen atoms in total. The molecule has 1 amide bonds. The summed E-state index contributed by atoms with van der Waals surface area (Å²) in [4.78, 5) is 23.9. The van der Waals surface area contributed by atoms with Crippen molar-refractivity contribution in [2.45, 2.75) is 24.0 Å². The molecule has 2 rings (SSSR count). The zero-order chi connectivity index (χ0) is 21.1. The minimum atomic E-state index is -2.51. The summed E-state index contributed by atoms with van der Waals surface area (Å²) < 4.78 is 40.2. The molecule has 9 heteroatoms. The van der Waals surface area contributed by atoms with Gasteiger partial charge in [-0.2, -0.15) is 8.78 Å². The third-order valence-corrected chi connectivity index (χ3v) is 4.16. The van der Waals surface area contributed by atoms with E-state index in [1.165, 1.54) is 24.3 Å². The number of anilines is 1. The minimum Gasteiger partial charge on any atom is -0.494 e. The SMILES string of the molecule is CCOc1ccc(OCCC(=O)OCC(=O)Nc2ccc(SC(F)F)cc2)cc1. The summed E-state index contributed by atoms with van der Waals surface area (Å²) in [5.74, 6) is -2.29. The average molecular weight is 425 g/mol. The normalized spacial score (nSPS) is 10.5. The van der Waals surface area contributed by atoms with Crippen LogP contribution < -0.4 is 14.8 Å². The molecule has 2 aromatic rings. The van der Waals surface area contributed by atoms with Crippen LogP contribution in [-0.2, 0) is 14.3 Å². The van der Waals surface area contributed by atoms with Gasteiger partial charge in [0, 0.05) is 10.6 Å². The number of rotatable bonds is 11. The van der Waals surface area contributed by atoms with Crippen LogP contribution in [-0.4, -0.2) is 37.5 Å². The van der Waals surface area contributed by atoms with E-state index in [2.05, 4.69) is 5.32 Å². The van der Waals surface area contributed by atoms with Crippen LogP contribution in [0.1, 0.15) is 13.3 Å². The average Bonchev–Trinajstić information content (AvgIpc) is 2.69. The van der Waals surface area contributed by atoms with Crippen molar-refractivity contribution in [2.75, 3.05) is 25.1 Å². The maximum atomic E-state index is 12.3. The monoisotopic (exact) mass is 425 g/mol. The molecule has 0 spiro atoms. The van der Waals surface area contributed by atoms with E-state index < -0.39 is 24.2 Å². The lowest BCUT2D eigenvalue weighted by Crippen LogP contribution is -2.21. The lowest BCUT2D eigenvalue weighted by atomic mass is 10.3. The number of alkyl halides is 2. The van der Waals surface area contributed by atoms with Crippen molar-refractivity contribution in [2.24, 2.45) is 0 Å². The van der Waals surface area contributed by atoms with E-state index in [0.717, 1.165) is 5.75 Å². The van der Waals surface area contributed by atoms with Crippen LogP contribution in [0.2, 0.25) is 0 Å². The molecule has 0 aliphatic rings. The number of nitrogens with one attached hydrogen (secondary N) is 1. The fourth-order valence-electron chi connectivity index (χ4n) is 2.19. The first-order valence-electron chi connectivity index (χ1n) is 8.82. The quantitative estimate of drug-likeness (QED) is 0.426. The van der Waals surface area contributed by atoms with Gasteiger partial charge in [-0.1, -0.05) is 11.8 Å². The molecular weight excluding hydrogens is 404 g/mol. The van der Waals surface area contributed by atoms with E-state index in [-0.39, 0.29) is 13.0 Å². The van der Waals surface area contributed by atoms with Gasteiger partial charge >= 0.3 is 5.97 Å². The number of halogens is 2. The number of benzene rings is 2. The largest absolute Gasteiger partial charge is 0.494 e. The Morgan fingerprint density at radius 3 is 2.21 bits per heavy atom. The van der Waals surface area contributed by atoms with Crippen molar-refractivity contribution < 1.29 is 32.6 Å². The van der Waals surface area contributed by atoms with Crippen molar-refractivity contribution >= 4 is 29.3 Å². The maximum absolute atomic E-state index is 12.3. The molecule has 0 aromatic heterocycles. The molecule has 0 radical (unpaired) electrons. The highest BCUT2D eigenvalue weighted by molar-refractivity contribution is 7.99. The second-order valence-corrected chi connectivity index (χ2v) is 6.68. The van der Waals surface area contributed by atoms with E-state index in [1.54, 1.807) is 24.3 Å². The van der Waals surface area contributed by atoms with Crippen LogP contribution >= 0.6 is 11.8 Å². The molecule has 0 bridgehead atoms. The molecule has 0 unspecified atom stereocenters. The molecule has 1 N–H and O–H groups in total. The van der Waals surface area contributed by atoms with Crippen LogP contribution in [0.15, 0.2) is 53.4 Å². The van der Waals surface area contributed by atoms with Gasteiger partial charge in [0.2, 0.25) is 0 Å². The molecule has 0 aliphatic carbocycles. The summed E-state index contributed by atoms with van der Waals surface area (Å²) in [5, 5.41) is 2.52. The second-order valence-electron chi connectivity index (χ2n) is 5.61. The Morgan fingerprint density at radius 2 is 1.62 bits per heavy atom. The predicted molar refractivity (Wildman–Crippen MR) is 106 cm³/mol. The Kier molecular flexibility index (Phi) is 9.23. The number of hydrogen-bond donors (Lipinski definition) is 1. The standard InChI is InChI=1S/C20H21F2NO5S/c1-2-26-15-5-7-16(8-6-15)27-12-11-19(25)28-13-18(24)23-14-3-9-17(10-4-14)29-20(21)22/h3-10,20H,2,11-13H2,1H3,(H,23,24). The number of ether oxygens (including phenoxy) is 3. The van der Waals surface area contributed by atoms with Crippen LogP contribution in [0.3, 0.4) is 0 Å². The minimum absolute atomic E-state index is 0.0138. The summed E-state index contributed by atoms with van der Waals surface area (Å²) in [5.41, 5.74) is 0.420. The van der Waals surface area contributed by atoms with E-state index in [1.807, 2.05) is 6.92 Å². The summed E-state index contributed by atoms with van der Waals surface area (Å²) >= 11 is 0.415. The van der Waals surface area contributed by atoms with Gasteiger partial charge in [-0.3, -0.25) is 9.59 Å². The fraction of sp³-hybridized carbons (Fsp3) is 0.300. The molecule has 0 atom stereocenters. The molecular formula is C20H21F2NO5S. The Bertz CT molecular complexity index is 784. The highest BCUT2D eigenvalue weighted by Crippen LogP contribution is 2.26. The molecule has 0 aliphatic heterocycles. The number of esters is 1. The van der Waals surface area contributed by atoms with Crippen LogP contribution in [0.25, 0.3) is 0 Å². The highest BCUT2D eigenvalue weighted by Gasteiger charge is 2.09. The first-order chi connectivity index (χ1) is 14.0. The van der Waals surface area contributed by atoms with Gasteiger partial charge in [0.15, 0.2) is 6.61 Å². The van der Waals surface area contributed by atoms with Gasteiger partial charge in [-0.05, 0) is 55.5 Å². The van der Waals surface area contributed by atoms with Gasteiger partial charge in [-0.15, -0.1) is 0 Å². The smallest absolute Gasteiger partial charge is 0.309 e. The summed E-state index contributed by atoms with van der Waals surface area (Å²) in [6.07, 6.45) is -0.0138. The van der Waals surface area contributed by atoms with Crippen molar-refractivity contribution in [3.63, 3.8) is 0 Å². The molecule has 29 heavy (non-hydrogen) atoms. The Hall–Kier alpha value is -2.81. The first kappa shape index (κ1) is 22.5. The van der Waals surface area contributed by atoms with E-state index >= 15 is 0 Å². The fourth-order valence-corrected chi connectivity index (χ4v) is 2.68. The van der Waals surface area contributed by atoms with E-state index in [9.17, 15) is 18.4 Å². The van der Waals surface area contributed by atoms with E-state index in [4.69, 9.17) is 14.2 Å². The number of carbonyl (C=O) groups excluding carboxylic acids is 2. The summed E-state index contributed by atoms with van der Waals surface area (Å²) in [6, 6.07) is 12.9. The van der Waals surface area contributed by atoms with Gasteiger partial charge in [0.05, 0.1) is 19.6 Å². The Morgan fingerprint density at radius 1 is 1.00 bits per heavy atom. The summed E-state index contributed by atoms with van der Waals surface area (Å²) in [7, 11) is 0. The van der Waals surface area contributed by atoms with Crippen molar-refractivity contribution in [3.8, 4) is 11.5 Å². The van der Waals surface area contributed by atoms with Gasteiger partial charge in [0.25, 0.3) is 11.7 Å². The Labute approximate surface area is 171 Å². The molecule has 0 fully saturated rings. The number of carbonyl (C=O) groups is 2. The summed E-state index contributed by atoms with van der Waals surface area (Å²) in [6.45, 7) is 2.12. The lowest BCUT2D eigenvalue weighted by molar-refractivity contribution is -0.147. The van der Waals surface area contributed by atoms with E-state index in [0.29, 0.717) is 34.7 Å². The molecule has 0 saturated heterocycles. The van der Waals surface area contributed by atoms with Crippen LogP contribution in [0.5, 0.6) is 11.5 Å². The molecule has 156 valence electrons. The molecule has 2 aromatic carbocycles. The third-order valence-electron chi connectivity index (χ3n) is 3.44. The van der Waals surface area contributed by atoms with Crippen LogP contribution in [0, 0.1) is 0 Å². The van der Waals surface area contributed by atoms with Crippen LogP contribution in [0.4, 0.5) is 14.5 Å². The zero-order valence-electron chi connectivity index (χ0n) is 15.7. The molecule has 0 saturated carbocycles. The molecule has 0 heterocycles. The van der Waals surface area contributed by atoms with Gasteiger partial charge in [0.1, 0.15) is 11.5 Å². The Balaban J connectivity index is 1.64. The highest BCUT2D eigenvalue weighted by atomic mass is 32.2. The number of hydrogen-bond acceptors (Lipinski definition) is 6. The first-order valence-corrected chi connectivity index (χ1v) is 9.70. The third kappa shape index (κ3) is 8.82. The number of thioether (sulfide) groups is 1. The lowest BCUT2D eigenvalue weighted by Gasteiger charge is -2.09. The van der Waals surface area contributed by atoms with Crippen molar-refractivity contribution in [3.05, 3.63) is 48.5 Å². The maximum Gasteiger partial charge on any atom is 0.309 e. The van der Waals surface area contributed by atoms with Gasteiger partial charge < -0.3 is 19.5 Å². The van der Waals surface area contributed by atoms with Gasteiger partial charge in [-0.25, -0.2) is 0 Å². The predicted octanol–water partition coefficient (Wildman–Crippen LogP) is 4.35. The topological polar surface area (TPSA) is 73.9 Å². The number of amides is 1. The van der Waals surface area contributed by atoms with Crippen molar-refractivity contribution in [1.82, 2.24) is 0 Å². The second kappa shape index (κ2) is 11.9. The van der Waals surface area contributed by atoms with Crippen molar-refractivity contribution in [1.29, 1.82) is 0 Å². The zero-order valence-corrected chi connectivity index (χ0v) is 16.5.